The second kappa shape index (κ2) is 6.39. The molecule has 2 heterocycles. The van der Waals surface area contributed by atoms with E-state index in [1.807, 2.05) is 0 Å². The van der Waals surface area contributed by atoms with Crippen molar-refractivity contribution < 1.29 is 13.2 Å². The van der Waals surface area contributed by atoms with Crippen molar-refractivity contribution in [2.45, 2.75) is 25.4 Å². The maximum atomic E-state index is 12.5. The molecule has 1 N–H and O–H groups in total. The van der Waals surface area contributed by atoms with E-state index in [4.69, 9.17) is 0 Å². The Morgan fingerprint density at radius 2 is 1.70 bits per heavy atom. The van der Waals surface area contributed by atoms with Crippen molar-refractivity contribution in [3.63, 3.8) is 0 Å². The average molecular weight is 323 g/mol. The van der Waals surface area contributed by atoms with E-state index in [2.05, 4.69) is 25.4 Å². The van der Waals surface area contributed by atoms with E-state index in [-0.39, 0.29) is 5.95 Å². The number of hydrogen-bond acceptors (Lipinski definition) is 5. The molecule has 0 spiro atoms. The Morgan fingerprint density at radius 3 is 2.35 bits per heavy atom. The first-order valence-electron chi connectivity index (χ1n) is 7.41. The molecular weight excluding hydrogens is 307 g/mol. The zero-order valence-corrected chi connectivity index (χ0v) is 12.3. The summed E-state index contributed by atoms with van der Waals surface area (Å²) in [6.45, 7) is 1.86. The molecule has 1 aliphatic heterocycles. The van der Waals surface area contributed by atoms with Crippen LogP contribution >= 0.6 is 0 Å². The van der Waals surface area contributed by atoms with E-state index in [0.29, 0.717) is 5.69 Å². The highest BCUT2D eigenvalue weighted by atomic mass is 19.4. The fraction of sp³-hybridized carbons (Fsp3) is 0.400. The number of anilines is 3. The van der Waals surface area contributed by atoms with Crippen LogP contribution in [0.1, 0.15) is 24.8 Å². The molecule has 8 heteroatoms. The van der Waals surface area contributed by atoms with Crippen LogP contribution in [0.25, 0.3) is 0 Å². The van der Waals surface area contributed by atoms with Gasteiger partial charge < -0.3 is 10.2 Å². The van der Waals surface area contributed by atoms with Gasteiger partial charge in [-0.1, -0.05) is 0 Å². The van der Waals surface area contributed by atoms with Crippen LogP contribution in [0, 0.1) is 0 Å². The third kappa shape index (κ3) is 3.88. The van der Waals surface area contributed by atoms with Crippen molar-refractivity contribution >= 4 is 17.5 Å². The monoisotopic (exact) mass is 323 g/mol. The molecule has 5 nitrogen and oxygen atoms in total. The molecule has 2 aromatic rings. The van der Waals surface area contributed by atoms with E-state index in [1.165, 1.54) is 18.6 Å². The van der Waals surface area contributed by atoms with Crippen LogP contribution in [-0.2, 0) is 6.18 Å². The number of piperidine rings is 1. The fourth-order valence-corrected chi connectivity index (χ4v) is 2.49. The summed E-state index contributed by atoms with van der Waals surface area (Å²) in [4.78, 5) is 6.52. The third-order valence-corrected chi connectivity index (χ3v) is 3.69. The summed E-state index contributed by atoms with van der Waals surface area (Å²) < 4.78 is 37.6. The molecule has 23 heavy (non-hydrogen) atoms. The molecular formula is C15H16F3N5. The second-order valence-electron chi connectivity index (χ2n) is 5.39. The number of alkyl halides is 3. The molecule has 1 aromatic heterocycles. The summed E-state index contributed by atoms with van der Waals surface area (Å²) in [5.74, 6) is 1.00. The van der Waals surface area contributed by atoms with Crippen LogP contribution in [0.5, 0.6) is 0 Å². The van der Waals surface area contributed by atoms with Crippen molar-refractivity contribution in [2.24, 2.45) is 0 Å². The van der Waals surface area contributed by atoms with Gasteiger partial charge in [-0.15, -0.1) is 5.10 Å². The molecule has 0 atom stereocenters. The second-order valence-corrected chi connectivity index (χ2v) is 5.39. The van der Waals surface area contributed by atoms with Gasteiger partial charge in [-0.3, -0.25) is 0 Å². The van der Waals surface area contributed by atoms with Crippen molar-refractivity contribution in [3.05, 3.63) is 36.0 Å². The van der Waals surface area contributed by atoms with Gasteiger partial charge in [-0.05, 0) is 43.5 Å². The molecule has 0 bridgehead atoms. The van der Waals surface area contributed by atoms with Gasteiger partial charge in [0.2, 0.25) is 5.95 Å². The van der Waals surface area contributed by atoms with Gasteiger partial charge in [0.15, 0.2) is 5.82 Å². The molecule has 1 fully saturated rings. The molecule has 0 aliphatic carbocycles. The number of nitrogens with one attached hydrogen (secondary N) is 1. The van der Waals surface area contributed by atoms with E-state index in [1.54, 1.807) is 6.20 Å². The molecule has 1 saturated heterocycles. The Bertz CT molecular complexity index is 651. The van der Waals surface area contributed by atoms with Crippen LogP contribution in [0.4, 0.5) is 30.6 Å². The van der Waals surface area contributed by atoms with Gasteiger partial charge in [0.1, 0.15) is 0 Å². The lowest BCUT2D eigenvalue weighted by Gasteiger charge is -2.27. The number of hydrogen-bond donors (Lipinski definition) is 1. The third-order valence-electron chi connectivity index (χ3n) is 3.69. The molecule has 0 saturated carbocycles. The van der Waals surface area contributed by atoms with Crippen LogP contribution in [0.2, 0.25) is 0 Å². The summed E-state index contributed by atoms with van der Waals surface area (Å²) in [5.41, 5.74) is -0.209. The summed E-state index contributed by atoms with van der Waals surface area (Å²) in [6.07, 6.45) is 0.705. The van der Waals surface area contributed by atoms with Crippen molar-refractivity contribution in [3.8, 4) is 0 Å². The maximum Gasteiger partial charge on any atom is 0.416 e. The normalized spacial score (nSPS) is 15.5. The molecule has 1 aromatic carbocycles. The molecule has 3 rings (SSSR count). The summed E-state index contributed by atoms with van der Waals surface area (Å²) in [5, 5.41) is 10.7. The van der Waals surface area contributed by atoms with Gasteiger partial charge in [-0.2, -0.15) is 23.3 Å². The predicted molar refractivity (Wildman–Crippen MR) is 80.6 cm³/mol. The van der Waals surface area contributed by atoms with Crippen LogP contribution in [0.15, 0.2) is 30.5 Å². The number of rotatable bonds is 3. The van der Waals surface area contributed by atoms with E-state index in [0.717, 1.165) is 43.9 Å². The highest BCUT2D eigenvalue weighted by Crippen LogP contribution is 2.30. The van der Waals surface area contributed by atoms with Gasteiger partial charge in [0, 0.05) is 18.8 Å². The summed E-state index contributed by atoms with van der Waals surface area (Å²) in [6, 6.07) is 4.73. The quantitative estimate of drug-likeness (QED) is 0.935. The molecule has 0 unspecified atom stereocenters. The first-order valence-corrected chi connectivity index (χ1v) is 7.41. The lowest BCUT2D eigenvalue weighted by atomic mass is 10.1. The van der Waals surface area contributed by atoms with E-state index >= 15 is 0 Å². The predicted octanol–water partition coefficient (Wildman–Crippen LogP) is 3.62. The minimum atomic E-state index is -4.34. The standard InChI is InChI=1S/C15H16F3N5/c16-15(17,18)11-4-6-12(7-5-11)20-14-21-13(10-19-22-14)23-8-2-1-3-9-23/h4-7,10H,1-3,8-9H2,(H,20,21,22). The van der Waals surface area contributed by atoms with Gasteiger partial charge in [-0.25, -0.2) is 0 Å². The van der Waals surface area contributed by atoms with Gasteiger partial charge in [0.05, 0.1) is 11.8 Å². The number of aromatic nitrogens is 3. The Labute approximate surface area is 131 Å². The first-order chi connectivity index (χ1) is 11.0. The molecule has 1 aliphatic rings. The minimum Gasteiger partial charge on any atom is -0.355 e. The largest absolute Gasteiger partial charge is 0.416 e. The lowest BCUT2D eigenvalue weighted by Crippen LogP contribution is -2.30. The van der Waals surface area contributed by atoms with Crippen LogP contribution in [-0.4, -0.2) is 28.3 Å². The van der Waals surface area contributed by atoms with E-state index < -0.39 is 11.7 Å². The highest BCUT2D eigenvalue weighted by molar-refractivity contribution is 5.55. The zero-order valence-electron chi connectivity index (χ0n) is 12.3. The van der Waals surface area contributed by atoms with Gasteiger partial charge in [0.25, 0.3) is 0 Å². The topological polar surface area (TPSA) is 53.9 Å². The number of halogens is 3. The highest BCUT2D eigenvalue weighted by Gasteiger charge is 2.29. The van der Waals surface area contributed by atoms with Crippen LogP contribution < -0.4 is 10.2 Å². The Kier molecular flexibility index (Phi) is 4.31. The van der Waals surface area contributed by atoms with Crippen molar-refractivity contribution in [2.75, 3.05) is 23.3 Å². The van der Waals surface area contributed by atoms with Gasteiger partial charge >= 0.3 is 6.18 Å². The Morgan fingerprint density at radius 1 is 1.00 bits per heavy atom. The summed E-state index contributed by atoms with van der Waals surface area (Å²) in [7, 11) is 0. The Balaban J connectivity index is 1.72. The number of benzene rings is 1. The average Bonchev–Trinajstić information content (AvgIpc) is 2.56. The molecule has 0 radical (unpaired) electrons. The van der Waals surface area contributed by atoms with Crippen molar-refractivity contribution in [1.29, 1.82) is 0 Å². The number of nitrogens with zero attached hydrogens (tertiary/aromatic N) is 4. The SMILES string of the molecule is FC(F)(F)c1ccc(Nc2nncc(N3CCCCC3)n2)cc1. The minimum absolute atomic E-state index is 0.271. The molecule has 122 valence electrons. The van der Waals surface area contributed by atoms with E-state index in [9.17, 15) is 13.2 Å². The fourth-order valence-electron chi connectivity index (χ4n) is 2.49. The maximum absolute atomic E-state index is 12.5. The Hall–Kier alpha value is -2.38. The lowest BCUT2D eigenvalue weighted by molar-refractivity contribution is -0.137. The van der Waals surface area contributed by atoms with Crippen LogP contribution in [0.3, 0.4) is 0 Å². The van der Waals surface area contributed by atoms with Crippen molar-refractivity contribution in [1.82, 2.24) is 15.2 Å². The first kappa shape index (κ1) is 15.5. The zero-order chi connectivity index (χ0) is 16.3. The summed E-state index contributed by atoms with van der Waals surface area (Å²) >= 11 is 0. The molecule has 0 amide bonds. The smallest absolute Gasteiger partial charge is 0.355 e.